The van der Waals surface area contributed by atoms with Gasteiger partial charge in [0.1, 0.15) is 8.07 Å². The summed E-state index contributed by atoms with van der Waals surface area (Å²) < 4.78 is 0. The van der Waals surface area contributed by atoms with Crippen molar-refractivity contribution in [1.82, 2.24) is 0 Å². The third-order valence-corrected chi connectivity index (χ3v) is 4.65. The minimum absolute atomic E-state index is 0.0345. The van der Waals surface area contributed by atoms with Gasteiger partial charge in [0.25, 0.3) is 0 Å². The molecule has 0 N–H and O–H groups in total. The molecule has 0 unspecified atom stereocenters. The van der Waals surface area contributed by atoms with Gasteiger partial charge in [-0.25, -0.2) is 0 Å². The fourth-order valence-electron chi connectivity index (χ4n) is 2.61. The van der Waals surface area contributed by atoms with Crippen molar-refractivity contribution in [3.63, 3.8) is 0 Å². The van der Waals surface area contributed by atoms with E-state index in [1.165, 1.54) is 0 Å². The van der Waals surface area contributed by atoms with Gasteiger partial charge >= 0.3 is 0 Å². The number of carbonyl (C=O) groups excluding carboxylic acids is 1. The normalized spacial score (nSPS) is 11.0. The zero-order valence-corrected chi connectivity index (χ0v) is 15.3. The summed E-state index contributed by atoms with van der Waals surface area (Å²) in [4.78, 5) is 13.1. The van der Waals surface area contributed by atoms with Crippen molar-refractivity contribution in [2.45, 2.75) is 19.6 Å². The molecule has 0 fully saturated rings. The first-order valence-electron chi connectivity index (χ1n) is 8.10. The number of benzene rings is 3. The molecular weight excluding hydrogens is 308 g/mol. The number of ketones is 1. The second-order valence-corrected chi connectivity index (χ2v) is 11.7. The van der Waals surface area contributed by atoms with Crippen LogP contribution >= 0.6 is 0 Å². The molecule has 3 aromatic carbocycles. The average molecular weight is 328 g/mol. The van der Waals surface area contributed by atoms with E-state index in [1.807, 2.05) is 66.7 Å². The Balaban J connectivity index is 2.12. The van der Waals surface area contributed by atoms with Crippen molar-refractivity contribution in [3.05, 3.63) is 83.4 Å². The molecule has 0 aliphatic rings. The highest BCUT2D eigenvalue weighted by Gasteiger charge is 2.15. The summed E-state index contributed by atoms with van der Waals surface area (Å²) in [5.74, 6) is 3.28. The lowest BCUT2D eigenvalue weighted by Gasteiger charge is -2.08. The van der Waals surface area contributed by atoms with Crippen LogP contribution < -0.4 is 0 Å². The molecule has 0 atom stereocenters. The Bertz CT molecular complexity index is 963. The minimum atomic E-state index is -1.49. The Morgan fingerprint density at radius 1 is 0.792 bits per heavy atom. The molecule has 0 radical (unpaired) electrons. The fourth-order valence-corrected chi connectivity index (χ4v) is 3.12. The van der Waals surface area contributed by atoms with Gasteiger partial charge in [0, 0.05) is 16.7 Å². The molecule has 1 nitrogen and oxygen atoms in total. The third-order valence-electron chi connectivity index (χ3n) is 3.78. The van der Waals surface area contributed by atoms with Crippen molar-refractivity contribution in [2.24, 2.45) is 0 Å². The molecule has 0 aliphatic carbocycles. The first kappa shape index (κ1) is 16.2. The lowest BCUT2D eigenvalue weighted by atomic mass is 9.95. The highest BCUT2D eigenvalue weighted by molar-refractivity contribution is 6.83. The molecule has 0 heterocycles. The maximum absolute atomic E-state index is 13.1. The molecule has 3 aromatic rings. The summed E-state index contributed by atoms with van der Waals surface area (Å²) in [6.07, 6.45) is 0. The first-order valence-corrected chi connectivity index (χ1v) is 11.6. The van der Waals surface area contributed by atoms with E-state index in [0.717, 1.165) is 21.9 Å². The number of hydrogen-bond acceptors (Lipinski definition) is 1. The molecule has 0 amide bonds. The molecule has 0 saturated carbocycles. The van der Waals surface area contributed by atoms with Crippen LogP contribution in [0.5, 0.6) is 0 Å². The fraction of sp³-hybridized carbons (Fsp3) is 0.136. The number of fused-ring (bicyclic) bond motifs is 1. The zero-order valence-electron chi connectivity index (χ0n) is 14.3. The van der Waals surface area contributed by atoms with Crippen molar-refractivity contribution in [3.8, 4) is 11.5 Å². The quantitative estimate of drug-likeness (QED) is 0.354. The zero-order chi connectivity index (χ0) is 17.2. The first-order chi connectivity index (χ1) is 11.5. The number of rotatable bonds is 2. The van der Waals surface area contributed by atoms with Crippen LogP contribution in [0, 0.1) is 11.5 Å². The second kappa shape index (κ2) is 6.47. The van der Waals surface area contributed by atoms with Crippen LogP contribution in [0.15, 0.2) is 66.7 Å². The molecule has 0 saturated heterocycles. The van der Waals surface area contributed by atoms with E-state index < -0.39 is 8.07 Å². The van der Waals surface area contributed by atoms with Crippen LogP contribution in [0.2, 0.25) is 19.6 Å². The molecule has 0 aliphatic heterocycles. The van der Waals surface area contributed by atoms with E-state index >= 15 is 0 Å². The van der Waals surface area contributed by atoms with E-state index in [4.69, 9.17) is 0 Å². The van der Waals surface area contributed by atoms with Crippen LogP contribution in [-0.2, 0) is 0 Å². The minimum Gasteiger partial charge on any atom is -0.289 e. The van der Waals surface area contributed by atoms with Gasteiger partial charge in [-0.15, -0.1) is 5.54 Å². The summed E-state index contributed by atoms with van der Waals surface area (Å²) in [5.41, 5.74) is 5.59. The molecule has 3 rings (SSSR count). The topological polar surface area (TPSA) is 17.1 Å². The predicted octanol–water partition coefficient (Wildman–Crippen LogP) is 5.30. The third kappa shape index (κ3) is 3.47. The smallest absolute Gasteiger partial charge is 0.194 e. The van der Waals surface area contributed by atoms with Crippen LogP contribution in [-0.4, -0.2) is 13.9 Å². The van der Waals surface area contributed by atoms with Crippen LogP contribution in [0.25, 0.3) is 10.8 Å². The van der Waals surface area contributed by atoms with E-state index in [0.29, 0.717) is 5.56 Å². The largest absolute Gasteiger partial charge is 0.289 e. The van der Waals surface area contributed by atoms with Crippen molar-refractivity contribution < 1.29 is 4.79 Å². The summed E-state index contributed by atoms with van der Waals surface area (Å²) >= 11 is 0. The Hall–Kier alpha value is -2.63. The SMILES string of the molecule is C[Si](C)(C)C#Cc1ccccc1C(=O)c1cccc2ccccc12. The molecule has 0 spiro atoms. The standard InChI is InChI=1S/C22H20OSi/c1-24(2,3)16-15-18-10-5-7-13-20(18)22(23)21-14-8-11-17-9-4-6-12-19(17)21/h4-14H,1-3H3. The maximum Gasteiger partial charge on any atom is 0.194 e. The Morgan fingerprint density at radius 2 is 1.42 bits per heavy atom. The summed E-state index contributed by atoms with van der Waals surface area (Å²) in [5, 5.41) is 2.06. The predicted molar refractivity (Wildman–Crippen MR) is 104 cm³/mol. The highest BCUT2D eigenvalue weighted by Crippen LogP contribution is 2.22. The van der Waals surface area contributed by atoms with Gasteiger partial charge in [0.15, 0.2) is 5.78 Å². The van der Waals surface area contributed by atoms with Gasteiger partial charge in [-0.3, -0.25) is 4.79 Å². The van der Waals surface area contributed by atoms with Crippen molar-refractivity contribution in [2.75, 3.05) is 0 Å². The van der Waals surface area contributed by atoms with E-state index in [2.05, 4.69) is 31.1 Å². The molecular formula is C22H20OSi. The maximum atomic E-state index is 13.1. The number of carbonyl (C=O) groups is 1. The highest BCUT2D eigenvalue weighted by atomic mass is 28.3. The van der Waals surface area contributed by atoms with Gasteiger partial charge in [-0.1, -0.05) is 80.2 Å². The van der Waals surface area contributed by atoms with E-state index in [-0.39, 0.29) is 5.78 Å². The van der Waals surface area contributed by atoms with Gasteiger partial charge in [-0.2, -0.15) is 0 Å². The molecule has 0 aromatic heterocycles. The second-order valence-electron chi connectivity index (χ2n) is 6.90. The van der Waals surface area contributed by atoms with Gasteiger partial charge < -0.3 is 0 Å². The average Bonchev–Trinajstić information content (AvgIpc) is 2.58. The van der Waals surface area contributed by atoms with Gasteiger partial charge in [-0.05, 0) is 22.9 Å². The Labute approximate surface area is 144 Å². The molecule has 24 heavy (non-hydrogen) atoms. The lowest BCUT2D eigenvalue weighted by molar-refractivity contribution is 0.104. The van der Waals surface area contributed by atoms with E-state index in [1.54, 1.807) is 0 Å². The van der Waals surface area contributed by atoms with Gasteiger partial charge in [0.2, 0.25) is 0 Å². The van der Waals surface area contributed by atoms with Crippen molar-refractivity contribution in [1.29, 1.82) is 0 Å². The van der Waals surface area contributed by atoms with E-state index in [9.17, 15) is 4.79 Å². The summed E-state index contributed by atoms with van der Waals surface area (Å²) in [7, 11) is -1.49. The van der Waals surface area contributed by atoms with Crippen molar-refractivity contribution >= 4 is 24.6 Å². The molecule has 2 heteroatoms. The summed E-state index contributed by atoms with van der Waals surface area (Å²) in [6.45, 7) is 6.61. The Morgan fingerprint density at radius 3 is 2.21 bits per heavy atom. The monoisotopic (exact) mass is 328 g/mol. The summed E-state index contributed by atoms with van der Waals surface area (Å²) in [6, 6.07) is 21.5. The van der Waals surface area contributed by atoms with Crippen LogP contribution in [0.4, 0.5) is 0 Å². The van der Waals surface area contributed by atoms with Crippen LogP contribution in [0.1, 0.15) is 21.5 Å². The molecule has 0 bridgehead atoms. The lowest BCUT2D eigenvalue weighted by Crippen LogP contribution is -2.16. The van der Waals surface area contributed by atoms with Gasteiger partial charge in [0.05, 0.1) is 0 Å². The van der Waals surface area contributed by atoms with Crippen LogP contribution in [0.3, 0.4) is 0 Å². The Kier molecular flexibility index (Phi) is 4.37. The number of hydrogen-bond donors (Lipinski definition) is 0. The molecule has 118 valence electrons.